The number of nitrogens with one attached hydrogen (secondary N) is 2. The molecule has 1 aromatic carbocycles. The summed E-state index contributed by atoms with van der Waals surface area (Å²) in [5.41, 5.74) is 9.54. The fourth-order valence-corrected chi connectivity index (χ4v) is 2.98. The Morgan fingerprint density at radius 3 is 3.05 bits per heavy atom. The first kappa shape index (κ1) is 12.9. The van der Waals surface area contributed by atoms with Crippen LogP contribution in [-0.4, -0.2) is 10.9 Å². The van der Waals surface area contributed by atoms with Crippen LogP contribution in [0.1, 0.15) is 21.9 Å². The van der Waals surface area contributed by atoms with Gasteiger partial charge in [0.05, 0.1) is 17.9 Å². The molecule has 0 aliphatic carbocycles. The molecule has 0 saturated heterocycles. The van der Waals surface area contributed by atoms with Gasteiger partial charge < -0.3 is 16.4 Å². The summed E-state index contributed by atoms with van der Waals surface area (Å²) in [5, 5.41) is 7.18. The number of aromatic nitrogens is 1. The number of anilines is 3. The summed E-state index contributed by atoms with van der Waals surface area (Å²) in [5.74, 6) is 0.0590. The van der Waals surface area contributed by atoms with E-state index in [1.807, 2.05) is 25.3 Å². The fraction of sp³-hybridized carbons (Fsp3) is 0.286. The molecule has 0 spiro atoms. The van der Waals surface area contributed by atoms with Crippen LogP contribution in [0, 0.1) is 6.92 Å². The van der Waals surface area contributed by atoms with Crippen LogP contribution in [0.5, 0.6) is 0 Å². The van der Waals surface area contributed by atoms with E-state index in [0.29, 0.717) is 18.7 Å². The number of amides is 1. The molecule has 1 amide bonds. The number of hydrogen-bond acceptors (Lipinski definition) is 5. The third kappa shape index (κ3) is 2.60. The van der Waals surface area contributed by atoms with Crippen LogP contribution in [0.2, 0.25) is 0 Å². The van der Waals surface area contributed by atoms with Crippen molar-refractivity contribution in [2.45, 2.75) is 26.3 Å². The largest absolute Gasteiger partial charge is 0.397 e. The third-order valence-electron chi connectivity index (χ3n) is 3.27. The number of aryl methyl sites for hydroxylation is 2. The van der Waals surface area contributed by atoms with E-state index in [1.165, 1.54) is 4.88 Å². The molecular weight excluding hydrogens is 272 g/mol. The summed E-state index contributed by atoms with van der Waals surface area (Å²) < 4.78 is 0. The molecule has 104 valence electrons. The second-order valence-corrected chi connectivity index (χ2v) is 6.18. The molecule has 1 aromatic heterocycles. The lowest BCUT2D eigenvalue weighted by Gasteiger charge is -2.19. The van der Waals surface area contributed by atoms with Gasteiger partial charge in [0.1, 0.15) is 5.01 Å². The summed E-state index contributed by atoms with van der Waals surface area (Å²) >= 11 is 1.66. The maximum Gasteiger partial charge on any atom is 0.224 e. The van der Waals surface area contributed by atoms with E-state index < -0.39 is 0 Å². The van der Waals surface area contributed by atoms with Gasteiger partial charge in [-0.1, -0.05) is 0 Å². The van der Waals surface area contributed by atoms with Crippen molar-refractivity contribution in [1.29, 1.82) is 0 Å². The highest BCUT2D eigenvalue weighted by atomic mass is 32.1. The molecule has 0 saturated carbocycles. The first-order valence-corrected chi connectivity index (χ1v) is 7.31. The molecule has 6 heteroatoms. The Morgan fingerprint density at radius 2 is 2.30 bits per heavy atom. The zero-order valence-corrected chi connectivity index (χ0v) is 12.0. The lowest BCUT2D eigenvalue weighted by Crippen LogP contribution is -2.19. The number of benzene rings is 1. The van der Waals surface area contributed by atoms with Crippen molar-refractivity contribution < 1.29 is 4.79 Å². The fourth-order valence-electron chi connectivity index (χ4n) is 2.25. The van der Waals surface area contributed by atoms with Gasteiger partial charge >= 0.3 is 0 Å². The monoisotopic (exact) mass is 288 g/mol. The zero-order chi connectivity index (χ0) is 14.1. The van der Waals surface area contributed by atoms with Gasteiger partial charge in [-0.2, -0.15) is 0 Å². The molecule has 5 nitrogen and oxygen atoms in total. The second kappa shape index (κ2) is 5.13. The van der Waals surface area contributed by atoms with Gasteiger partial charge in [0, 0.05) is 23.2 Å². The van der Waals surface area contributed by atoms with Crippen LogP contribution < -0.4 is 16.4 Å². The van der Waals surface area contributed by atoms with Crippen LogP contribution in [0.3, 0.4) is 0 Å². The molecule has 0 atom stereocenters. The number of nitrogens with zero attached hydrogens (tertiary/aromatic N) is 1. The van der Waals surface area contributed by atoms with Crippen molar-refractivity contribution in [3.05, 3.63) is 33.8 Å². The highest BCUT2D eigenvalue weighted by molar-refractivity contribution is 7.11. The van der Waals surface area contributed by atoms with Crippen molar-refractivity contribution in [2.75, 3.05) is 16.4 Å². The molecular formula is C14H16N4OS. The molecule has 0 fully saturated rings. The van der Waals surface area contributed by atoms with E-state index in [-0.39, 0.29) is 5.91 Å². The van der Waals surface area contributed by atoms with Gasteiger partial charge in [-0.25, -0.2) is 4.98 Å². The number of nitrogen functional groups attached to an aromatic ring is 1. The molecule has 2 heterocycles. The summed E-state index contributed by atoms with van der Waals surface area (Å²) in [4.78, 5) is 16.9. The van der Waals surface area contributed by atoms with Gasteiger partial charge in [-0.3, -0.25) is 4.79 Å². The molecule has 1 aliphatic rings. The van der Waals surface area contributed by atoms with Crippen LogP contribution in [-0.2, 0) is 17.8 Å². The first-order chi connectivity index (χ1) is 9.61. The highest BCUT2D eigenvalue weighted by Gasteiger charge is 2.16. The number of nitrogens with two attached hydrogens (primary N) is 1. The Bertz CT molecular complexity index is 665. The van der Waals surface area contributed by atoms with Crippen LogP contribution in [0.4, 0.5) is 17.1 Å². The highest BCUT2D eigenvalue weighted by Crippen LogP contribution is 2.31. The standard InChI is InChI=1S/C14H16N4OS/c1-8-6-17-14(20-8)7-16-12-5-11-9(4-10(12)15)2-3-13(19)18-11/h4-6,16H,2-3,7,15H2,1H3,(H,18,19). The molecule has 2 aromatic rings. The Hall–Kier alpha value is -2.08. The molecule has 4 N–H and O–H groups in total. The van der Waals surface area contributed by atoms with E-state index in [9.17, 15) is 4.79 Å². The van der Waals surface area contributed by atoms with Crippen LogP contribution >= 0.6 is 11.3 Å². The van der Waals surface area contributed by atoms with E-state index in [2.05, 4.69) is 15.6 Å². The number of carbonyl (C=O) groups is 1. The maximum atomic E-state index is 11.4. The molecule has 1 aliphatic heterocycles. The topological polar surface area (TPSA) is 80.0 Å². The average molecular weight is 288 g/mol. The van der Waals surface area contributed by atoms with Crippen molar-refractivity contribution >= 4 is 34.3 Å². The lowest BCUT2D eigenvalue weighted by molar-refractivity contribution is -0.116. The SMILES string of the molecule is Cc1cnc(CNc2cc3c(cc2N)CCC(=O)N3)s1. The Kier molecular flexibility index (Phi) is 3.31. The second-order valence-electron chi connectivity index (χ2n) is 4.86. The number of hydrogen-bond donors (Lipinski definition) is 3. The minimum absolute atomic E-state index is 0.0590. The van der Waals surface area contributed by atoms with Gasteiger partial charge in [0.15, 0.2) is 0 Å². The van der Waals surface area contributed by atoms with Crippen LogP contribution in [0.25, 0.3) is 0 Å². The molecule has 0 radical (unpaired) electrons. The maximum absolute atomic E-state index is 11.4. The van der Waals surface area contributed by atoms with E-state index in [1.54, 1.807) is 11.3 Å². The molecule has 20 heavy (non-hydrogen) atoms. The number of carbonyl (C=O) groups excluding carboxylic acids is 1. The normalized spacial score (nSPS) is 13.8. The minimum atomic E-state index is 0.0590. The lowest BCUT2D eigenvalue weighted by atomic mass is 10.0. The van der Waals surface area contributed by atoms with Gasteiger partial charge in [0.25, 0.3) is 0 Å². The Morgan fingerprint density at radius 1 is 1.45 bits per heavy atom. The zero-order valence-electron chi connectivity index (χ0n) is 11.2. The van der Waals surface area contributed by atoms with E-state index >= 15 is 0 Å². The summed E-state index contributed by atoms with van der Waals surface area (Å²) in [6.07, 6.45) is 3.13. The van der Waals surface area contributed by atoms with Crippen molar-refractivity contribution in [2.24, 2.45) is 0 Å². The average Bonchev–Trinajstić information content (AvgIpc) is 2.83. The summed E-state index contributed by atoms with van der Waals surface area (Å²) in [7, 11) is 0. The molecule has 0 unspecified atom stereocenters. The van der Waals surface area contributed by atoms with Crippen molar-refractivity contribution in [1.82, 2.24) is 4.98 Å². The molecule has 3 rings (SSSR count). The van der Waals surface area contributed by atoms with Crippen molar-refractivity contribution in [3.8, 4) is 0 Å². The van der Waals surface area contributed by atoms with Gasteiger partial charge in [0.2, 0.25) is 5.91 Å². The Balaban J connectivity index is 1.79. The van der Waals surface area contributed by atoms with Gasteiger partial charge in [-0.05, 0) is 31.0 Å². The van der Waals surface area contributed by atoms with E-state index in [4.69, 9.17) is 5.73 Å². The third-order valence-corrected chi connectivity index (χ3v) is 4.18. The quantitative estimate of drug-likeness (QED) is 0.758. The van der Waals surface area contributed by atoms with Crippen LogP contribution in [0.15, 0.2) is 18.3 Å². The predicted octanol–water partition coefficient (Wildman–Crippen LogP) is 2.53. The minimum Gasteiger partial charge on any atom is -0.397 e. The summed E-state index contributed by atoms with van der Waals surface area (Å²) in [6.45, 7) is 2.67. The summed E-state index contributed by atoms with van der Waals surface area (Å²) in [6, 6.07) is 3.84. The Labute approximate surface area is 121 Å². The first-order valence-electron chi connectivity index (χ1n) is 6.49. The number of thiazole rings is 1. The molecule has 0 bridgehead atoms. The van der Waals surface area contributed by atoms with Crippen molar-refractivity contribution in [3.63, 3.8) is 0 Å². The smallest absolute Gasteiger partial charge is 0.224 e. The van der Waals surface area contributed by atoms with E-state index in [0.717, 1.165) is 28.4 Å². The van der Waals surface area contributed by atoms with Gasteiger partial charge in [-0.15, -0.1) is 11.3 Å². The predicted molar refractivity (Wildman–Crippen MR) is 82.0 cm³/mol. The number of rotatable bonds is 3. The number of fused-ring (bicyclic) bond motifs is 1.